The summed E-state index contributed by atoms with van der Waals surface area (Å²) < 4.78 is 4.92. The SMILES string of the molecule is CC(=O)O[C@@H](C)C(=O)Nc1ncc2cc(-c3c(C)ccc4c(Nc5ccc6c(c5)NC(=O)CC6(C)C)ncnc34)ccc2n1. The highest BCUT2D eigenvalue weighted by Gasteiger charge is 2.32. The van der Waals surface area contributed by atoms with Gasteiger partial charge in [-0.1, -0.05) is 32.0 Å². The minimum Gasteiger partial charge on any atom is -0.453 e. The molecule has 11 heteroatoms. The maximum Gasteiger partial charge on any atom is 0.303 e. The summed E-state index contributed by atoms with van der Waals surface area (Å²) in [5.74, 6) is -0.304. The molecule has 2 aromatic heterocycles. The Labute approximate surface area is 253 Å². The Morgan fingerprint density at radius 3 is 2.66 bits per heavy atom. The normalized spacial score (nSPS) is 14.4. The van der Waals surface area contributed by atoms with Crippen molar-refractivity contribution in [3.8, 4) is 11.1 Å². The third-order valence-electron chi connectivity index (χ3n) is 7.72. The second-order valence-electron chi connectivity index (χ2n) is 11.6. The lowest BCUT2D eigenvalue weighted by atomic mass is 9.78. The number of amides is 2. The number of rotatable bonds is 6. The molecule has 0 saturated carbocycles. The van der Waals surface area contributed by atoms with Gasteiger partial charge in [0.25, 0.3) is 5.91 Å². The number of nitrogens with zero attached hydrogens (tertiary/aromatic N) is 4. The number of nitrogens with one attached hydrogen (secondary N) is 3. The molecule has 3 aromatic carbocycles. The Morgan fingerprint density at radius 1 is 1.05 bits per heavy atom. The summed E-state index contributed by atoms with van der Waals surface area (Å²) in [7, 11) is 0. The summed E-state index contributed by atoms with van der Waals surface area (Å²) in [6.45, 7) is 8.90. The minimum atomic E-state index is -0.967. The molecule has 0 radical (unpaired) electrons. The van der Waals surface area contributed by atoms with Gasteiger partial charge < -0.3 is 15.4 Å². The quantitative estimate of drug-likeness (QED) is 0.209. The largest absolute Gasteiger partial charge is 0.453 e. The molecule has 1 atom stereocenters. The first-order chi connectivity index (χ1) is 21.0. The van der Waals surface area contributed by atoms with Crippen molar-refractivity contribution in [3.05, 3.63) is 72.2 Å². The van der Waals surface area contributed by atoms with E-state index in [1.165, 1.54) is 20.2 Å². The van der Waals surface area contributed by atoms with Crippen molar-refractivity contribution in [2.45, 2.75) is 52.6 Å². The third kappa shape index (κ3) is 5.51. The van der Waals surface area contributed by atoms with Crippen molar-refractivity contribution in [3.63, 3.8) is 0 Å². The van der Waals surface area contributed by atoms with Crippen LogP contribution >= 0.6 is 0 Å². The second kappa shape index (κ2) is 11.0. The standard InChI is InChI=1S/C33H31N7O4/c1-17-6-9-23-29(35-16-36-30(23)37-22-8-10-24-26(13-22)38-27(42)14-33(24,4)5)28(17)20-7-11-25-21(12-20)15-34-32(39-25)40-31(43)18(2)44-19(3)41/h6-13,15-16,18H,14H2,1-5H3,(H,38,42)(H,35,36,37)(H,34,39,40,43)/t18-/m0/s1. The number of ether oxygens (including phenoxy) is 1. The van der Waals surface area contributed by atoms with Crippen LogP contribution in [-0.4, -0.2) is 43.8 Å². The van der Waals surface area contributed by atoms with Gasteiger partial charge in [0.15, 0.2) is 6.10 Å². The molecule has 1 aliphatic rings. The van der Waals surface area contributed by atoms with E-state index in [1.807, 2.05) is 55.5 Å². The van der Waals surface area contributed by atoms with Crippen molar-refractivity contribution in [2.24, 2.45) is 0 Å². The molecule has 3 heterocycles. The fourth-order valence-electron chi connectivity index (χ4n) is 5.60. The summed E-state index contributed by atoms with van der Waals surface area (Å²) in [4.78, 5) is 53.7. The Balaban J connectivity index is 1.32. The molecular formula is C33H31N7O4. The Morgan fingerprint density at radius 2 is 1.86 bits per heavy atom. The molecule has 0 aliphatic carbocycles. The van der Waals surface area contributed by atoms with Gasteiger partial charge >= 0.3 is 5.97 Å². The number of hydrogen-bond donors (Lipinski definition) is 3. The van der Waals surface area contributed by atoms with Crippen molar-refractivity contribution >= 4 is 62.7 Å². The van der Waals surface area contributed by atoms with Crippen LogP contribution in [0.5, 0.6) is 0 Å². The highest BCUT2D eigenvalue weighted by Crippen LogP contribution is 2.40. The van der Waals surface area contributed by atoms with Crippen LogP contribution < -0.4 is 16.0 Å². The number of anilines is 4. The number of benzene rings is 3. The maximum absolute atomic E-state index is 12.3. The van der Waals surface area contributed by atoms with Gasteiger partial charge in [0.1, 0.15) is 12.1 Å². The van der Waals surface area contributed by atoms with Gasteiger partial charge in [0, 0.05) is 52.7 Å². The van der Waals surface area contributed by atoms with Crippen LogP contribution in [-0.2, 0) is 24.5 Å². The number of aromatic nitrogens is 4. The predicted octanol–water partition coefficient (Wildman–Crippen LogP) is 5.80. The molecule has 11 nitrogen and oxygen atoms in total. The van der Waals surface area contributed by atoms with E-state index in [2.05, 4.69) is 49.7 Å². The van der Waals surface area contributed by atoms with Gasteiger partial charge in [-0.25, -0.2) is 19.9 Å². The van der Waals surface area contributed by atoms with E-state index in [4.69, 9.17) is 4.74 Å². The molecule has 0 unspecified atom stereocenters. The molecular weight excluding hydrogens is 558 g/mol. The van der Waals surface area contributed by atoms with Gasteiger partial charge in [0.05, 0.1) is 11.0 Å². The average molecular weight is 590 g/mol. The van der Waals surface area contributed by atoms with E-state index in [0.29, 0.717) is 17.8 Å². The molecule has 5 aromatic rings. The molecule has 0 bridgehead atoms. The summed E-state index contributed by atoms with van der Waals surface area (Å²) in [5.41, 5.74) is 6.77. The highest BCUT2D eigenvalue weighted by atomic mass is 16.5. The Bertz CT molecular complexity index is 1990. The molecule has 6 rings (SSSR count). The van der Waals surface area contributed by atoms with Crippen LogP contribution in [0.2, 0.25) is 0 Å². The molecule has 1 aliphatic heterocycles. The summed E-state index contributed by atoms with van der Waals surface area (Å²) >= 11 is 0. The van der Waals surface area contributed by atoms with Crippen molar-refractivity contribution < 1.29 is 19.1 Å². The number of fused-ring (bicyclic) bond motifs is 3. The van der Waals surface area contributed by atoms with Crippen LogP contribution in [0.1, 0.15) is 45.2 Å². The van der Waals surface area contributed by atoms with Gasteiger partial charge in [-0.05, 0) is 60.9 Å². The zero-order valence-electron chi connectivity index (χ0n) is 25.0. The summed E-state index contributed by atoms with van der Waals surface area (Å²) in [6.07, 6.45) is 2.65. The first-order valence-electron chi connectivity index (χ1n) is 14.2. The number of hydrogen-bond acceptors (Lipinski definition) is 9. The van der Waals surface area contributed by atoms with Gasteiger partial charge in [-0.3, -0.25) is 19.7 Å². The smallest absolute Gasteiger partial charge is 0.303 e. The molecule has 0 spiro atoms. The summed E-state index contributed by atoms with van der Waals surface area (Å²) in [6, 6.07) is 15.8. The summed E-state index contributed by atoms with van der Waals surface area (Å²) in [5, 5.41) is 10.6. The maximum atomic E-state index is 12.3. The van der Waals surface area contributed by atoms with E-state index >= 15 is 0 Å². The van der Waals surface area contributed by atoms with Gasteiger partial charge in [0.2, 0.25) is 11.9 Å². The third-order valence-corrected chi connectivity index (χ3v) is 7.72. The highest BCUT2D eigenvalue weighted by molar-refractivity contribution is 6.03. The van der Waals surface area contributed by atoms with Crippen LogP contribution in [0.4, 0.5) is 23.1 Å². The van der Waals surface area contributed by atoms with Crippen LogP contribution in [0.3, 0.4) is 0 Å². The van der Waals surface area contributed by atoms with Gasteiger partial charge in [-0.2, -0.15) is 0 Å². The number of esters is 1. The van der Waals surface area contributed by atoms with Crippen LogP contribution in [0.25, 0.3) is 32.9 Å². The fraction of sp³-hybridized carbons (Fsp3) is 0.242. The molecule has 44 heavy (non-hydrogen) atoms. The van der Waals surface area contributed by atoms with Crippen molar-refractivity contribution in [1.29, 1.82) is 0 Å². The van der Waals surface area contributed by atoms with Crippen molar-refractivity contribution in [1.82, 2.24) is 19.9 Å². The lowest BCUT2D eigenvalue weighted by molar-refractivity contribution is -0.150. The monoisotopic (exact) mass is 589 g/mol. The lowest BCUT2D eigenvalue weighted by Crippen LogP contribution is -2.32. The van der Waals surface area contributed by atoms with Gasteiger partial charge in [-0.15, -0.1) is 0 Å². The minimum absolute atomic E-state index is 0.00266. The fourth-order valence-corrected chi connectivity index (χ4v) is 5.60. The second-order valence-corrected chi connectivity index (χ2v) is 11.6. The topological polar surface area (TPSA) is 148 Å². The van der Waals surface area contributed by atoms with E-state index < -0.39 is 18.0 Å². The number of carbonyl (C=O) groups is 3. The van der Waals surface area contributed by atoms with E-state index in [1.54, 1.807) is 6.20 Å². The zero-order chi connectivity index (χ0) is 31.2. The predicted molar refractivity (Wildman–Crippen MR) is 169 cm³/mol. The first-order valence-corrected chi connectivity index (χ1v) is 14.2. The average Bonchev–Trinajstić information content (AvgIpc) is 2.96. The van der Waals surface area contributed by atoms with E-state index in [-0.39, 0.29) is 17.3 Å². The van der Waals surface area contributed by atoms with Crippen molar-refractivity contribution in [2.75, 3.05) is 16.0 Å². The molecule has 3 N–H and O–H groups in total. The lowest BCUT2D eigenvalue weighted by Gasteiger charge is -2.32. The van der Waals surface area contributed by atoms with Crippen LogP contribution in [0.15, 0.2) is 61.1 Å². The van der Waals surface area contributed by atoms with Crippen LogP contribution in [0, 0.1) is 6.92 Å². The number of carbonyl (C=O) groups excluding carboxylic acids is 3. The molecule has 222 valence electrons. The Kier molecular flexibility index (Phi) is 7.16. The molecule has 0 saturated heterocycles. The van der Waals surface area contributed by atoms with E-state index in [0.717, 1.165) is 49.9 Å². The van der Waals surface area contributed by atoms with E-state index in [9.17, 15) is 14.4 Å². The zero-order valence-corrected chi connectivity index (χ0v) is 25.0. The molecule has 2 amide bonds. The number of aryl methyl sites for hydroxylation is 1. The first kappa shape index (κ1) is 28.7. The Hall–Kier alpha value is -5.45. The molecule has 0 fully saturated rings.